The molecule has 0 amide bonds. The maximum Gasteiger partial charge on any atom is 0.126 e. The second kappa shape index (κ2) is 6.02. The Morgan fingerprint density at radius 1 is 1.17 bits per heavy atom. The van der Waals surface area contributed by atoms with Gasteiger partial charge < -0.3 is 0 Å². The van der Waals surface area contributed by atoms with E-state index in [1.807, 2.05) is 0 Å². The molecule has 0 N–H and O–H groups in total. The molecular weight excluding hydrogens is 322 g/mol. The van der Waals surface area contributed by atoms with Gasteiger partial charge >= 0.3 is 0 Å². The Bertz CT molecular complexity index is 883. The lowest BCUT2D eigenvalue weighted by Crippen LogP contribution is -2.11. The van der Waals surface area contributed by atoms with Gasteiger partial charge in [0, 0.05) is 11.1 Å². The number of hydrogen-bond donors (Lipinski definition) is 0. The van der Waals surface area contributed by atoms with Crippen LogP contribution in [0, 0.1) is 5.92 Å². The van der Waals surface area contributed by atoms with Crippen molar-refractivity contribution in [3.05, 3.63) is 23.1 Å². The van der Waals surface area contributed by atoms with Crippen LogP contribution in [0.2, 0.25) is 0 Å². The van der Waals surface area contributed by atoms with Crippen molar-refractivity contribution in [1.29, 1.82) is 0 Å². The minimum Gasteiger partial charge on any atom is -0.242 e. The lowest BCUT2D eigenvalue weighted by Gasteiger charge is -2.20. The summed E-state index contributed by atoms with van der Waals surface area (Å²) >= 11 is 3.47. The van der Waals surface area contributed by atoms with E-state index in [4.69, 9.17) is 4.98 Å². The van der Waals surface area contributed by atoms with Crippen LogP contribution in [-0.4, -0.2) is 21.2 Å². The zero-order valence-electron chi connectivity index (χ0n) is 13.8. The van der Waals surface area contributed by atoms with Crippen molar-refractivity contribution < 1.29 is 0 Å². The van der Waals surface area contributed by atoms with Crippen LogP contribution in [0.15, 0.2) is 11.4 Å². The van der Waals surface area contributed by atoms with E-state index in [-0.39, 0.29) is 0 Å². The van der Waals surface area contributed by atoms with Crippen molar-refractivity contribution in [2.24, 2.45) is 5.92 Å². The van der Waals surface area contributed by atoms with Gasteiger partial charge in [0.15, 0.2) is 0 Å². The Morgan fingerprint density at radius 2 is 1.96 bits per heavy atom. The summed E-state index contributed by atoms with van der Waals surface area (Å²) in [6.07, 6.45) is 9.79. The molecule has 0 bridgehead atoms. The third-order valence-corrected chi connectivity index (χ3v) is 6.47. The molecule has 0 aliphatic heterocycles. The number of aromatic nitrogens is 3. The molecule has 0 radical (unpaired) electrons. The first-order valence-electron chi connectivity index (χ1n) is 8.31. The Kier molecular flexibility index (Phi) is 4.01. The molecule has 0 fully saturated rings. The Morgan fingerprint density at radius 3 is 2.70 bits per heavy atom. The summed E-state index contributed by atoms with van der Waals surface area (Å²) < 4.78 is 1.21. The highest BCUT2D eigenvalue weighted by atomic mass is 32.2. The van der Waals surface area contributed by atoms with Crippen molar-refractivity contribution in [3.63, 3.8) is 0 Å². The van der Waals surface area contributed by atoms with E-state index in [0.717, 1.165) is 21.8 Å². The molecule has 0 spiro atoms. The molecule has 0 unspecified atom stereocenters. The van der Waals surface area contributed by atoms with Crippen molar-refractivity contribution in [1.82, 2.24) is 15.0 Å². The van der Waals surface area contributed by atoms with Crippen LogP contribution in [0.5, 0.6) is 0 Å². The van der Waals surface area contributed by atoms with Gasteiger partial charge in [-0.05, 0) is 55.4 Å². The summed E-state index contributed by atoms with van der Waals surface area (Å²) in [5.74, 6) is 0.641. The molecule has 5 heteroatoms. The lowest BCUT2D eigenvalue weighted by atomic mass is 9.87. The van der Waals surface area contributed by atoms with Gasteiger partial charge in [-0.15, -0.1) is 23.1 Å². The van der Waals surface area contributed by atoms with Gasteiger partial charge in [-0.3, -0.25) is 0 Å². The molecule has 3 aromatic rings. The average Bonchev–Trinajstić information content (AvgIpc) is 2.92. The topological polar surface area (TPSA) is 38.7 Å². The van der Waals surface area contributed by atoms with Crippen LogP contribution in [0.4, 0.5) is 0 Å². The maximum absolute atomic E-state index is 5.08. The molecular formula is C18H21N3S2. The second-order valence-corrected chi connectivity index (χ2v) is 8.46. The highest BCUT2D eigenvalue weighted by Gasteiger charge is 2.23. The number of aryl methyl sites for hydroxylation is 1. The summed E-state index contributed by atoms with van der Waals surface area (Å²) in [6.45, 7) is 4.56. The quantitative estimate of drug-likeness (QED) is 0.493. The fourth-order valence-corrected chi connectivity index (χ4v) is 5.49. The number of pyridine rings is 1. The molecule has 1 aliphatic carbocycles. The van der Waals surface area contributed by atoms with Crippen molar-refractivity contribution in [2.75, 3.05) is 6.26 Å². The van der Waals surface area contributed by atoms with Gasteiger partial charge in [-0.25, -0.2) is 15.0 Å². The fraction of sp³-hybridized carbons (Fsp3) is 0.500. The molecule has 0 saturated carbocycles. The van der Waals surface area contributed by atoms with Crippen LogP contribution in [0.25, 0.3) is 20.4 Å². The van der Waals surface area contributed by atoms with Crippen molar-refractivity contribution in [2.45, 2.75) is 51.0 Å². The highest BCUT2D eigenvalue weighted by Crippen LogP contribution is 2.41. The monoisotopic (exact) mass is 343 g/mol. The van der Waals surface area contributed by atoms with Gasteiger partial charge in [0.25, 0.3) is 0 Å². The maximum atomic E-state index is 5.08. The van der Waals surface area contributed by atoms with Crippen LogP contribution in [-0.2, 0) is 19.3 Å². The number of thiophene rings is 1. The van der Waals surface area contributed by atoms with E-state index in [1.54, 1.807) is 29.4 Å². The zero-order chi connectivity index (χ0) is 16.0. The summed E-state index contributed by atoms with van der Waals surface area (Å²) in [7, 11) is 0. The predicted molar refractivity (Wildman–Crippen MR) is 99.7 cm³/mol. The summed E-state index contributed by atoms with van der Waals surface area (Å²) in [5, 5.41) is 2.39. The van der Waals surface area contributed by atoms with Gasteiger partial charge in [0.05, 0.1) is 10.2 Å². The van der Waals surface area contributed by atoms with Gasteiger partial charge in [0.2, 0.25) is 0 Å². The smallest absolute Gasteiger partial charge is 0.126 e. The Balaban J connectivity index is 2.07. The third kappa shape index (κ3) is 2.54. The van der Waals surface area contributed by atoms with E-state index in [2.05, 4.69) is 30.1 Å². The largest absolute Gasteiger partial charge is 0.242 e. The number of fused-ring (bicyclic) bond motifs is 5. The summed E-state index contributed by atoms with van der Waals surface area (Å²) in [6, 6.07) is 0. The third-order valence-electron chi connectivity index (χ3n) is 4.57. The first-order chi connectivity index (χ1) is 11.2. The van der Waals surface area contributed by atoms with Crippen LogP contribution in [0.3, 0.4) is 0 Å². The number of hydrogen-bond acceptors (Lipinski definition) is 5. The molecule has 0 atom stereocenters. The number of nitrogens with zero attached hydrogens (tertiary/aromatic N) is 3. The molecule has 3 nitrogen and oxygen atoms in total. The molecule has 1 aliphatic rings. The summed E-state index contributed by atoms with van der Waals surface area (Å²) in [4.78, 5) is 15.3. The average molecular weight is 344 g/mol. The first-order valence-corrected chi connectivity index (χ1v) is 10.3. The molecule has 0 aromatic carbocycles. The SMILES string of the molecule is CSc1ncnc2c1sc1nc(CC(C)C)c3c(c12)CCCC3. The van der Waals surface area contributed by atoms with Gasteiger partial charge in [-0.2, -0.15) is 0 Å². The summed E-state index contributed by atoms with van der Waals surface area (Å²) in [5.41, 5.74) is 5.48. The van der Waals surface area contributed by atoms with E-state index in [1.165, 1.54) is 52.6 Å². The Hall–Kier alpha value is -1.20. The minimum atomic E-state index is 0.641. The second-order valence-electron chi connectivity index (χ2n) is 6.66. The molecule has 120 valence electrons. The molecule has 23 heavy (non-hydrogen) atoms. The van der Waals surface area contributed by atoms with Gasteiger partial charge in [0.1, 0.15) is 16.2 Å². The van der Waals surface area contributed by atoms with Crippen LogP contribution < -0.4 is 0 Å². The molecule has 4 rings (SSSR count). The number of rotatable bonds is 3. The van der Waals surface area contributed by atoms with E-state index in [0.29, 0.717) is 5.92 Å². The van der Waals surface area contributed by atoms with Crippen LogP contribution >= 0.6 is 23.1 Å². The lowest BCUT2D eigenvalue weighted by molar-refractivity contribution is 0.615. The Labute approximate surface area is 144 Å². The highest BCUT2D eigenvalue weighted by molar-refractivity contribution is 7.98. The molecule has 0 saturated heterocycles. The number of thioether (sulfide) groups is 1. The first kappa shape index (κ1) is 15.3. The normalized spacial score (nSPS) is 14.8. The molecule has 3 aromatic heterocycles. The van der Waals surface area contributed by atoms with Crippen molar-refractivity contribution in [3.8, 4) is 0 Å². The van der Waals surface area contributed by atoms with Gasteiger partial charge in [-0.1, -0.05) is 13.8 Å². The van der Waals surface area contributed by atoms with E-state index in [9.17, 15) is 0 Å². The standard InChI is InChI=1S/C18H21N3S2/c1-10(2)8-13-11-6-4-5-7-12(11)14-15-16(23-17(14)21-13)18(22-3)20-9-19-15/h9-10H,4-8H2,1-3H3. The van der Waals surface area contributed by atoms with E-state index >= 15 is 0 Å². The zero-order valence-corrected chi connectivity index (χ0v) is 15.5. The predicted octanol–water partition coefficient (Wildman–Crippen LogP) is 5.04. The fourth-order valence-electron chi connectivity index (χ4n) is 3.62. The minimum absolute atomic E-state index is 0.641. The molecule has 3 heterocycles. The van der Waals surface area contributed by atoms with Crippen LogP contribution in [0.1, 0.15) is 43.5 Å². The van der Waals surface area contributed by atoms with Crippen molar-refractivity contribution >= 4 is 43.5 Å². The van der Waals surface area contributed by atoms with E-state index < -0.39 is 0 Å².